The van der Waals surface area contributed by atoms with Gasteiger partial charge in [0.1, 0.15) is 35.6 Å². The van der Waals surface area contributed by atoms with Gasteiger partial charge in [-0.1, -0.05) is 0 Å². The fourth-order valence-electron chi connectivity index (χ4n) is 4.82. The second-order valence-corrected chi connectivity index (χ2v) is 9.90. The molecule has 3 N–H and O–H groups in total. The molecule has 11 nitrogen and oxygen atoms in total. The SMILES string of the molecule is COCC(=O)N1CC[C@@H](NC(=O)c2c(C)[nH]c3c(-c4cc(OC)ccc4OCC4CC4)ncnc23)[C@H](O)C1. The van der Waals surface area contributed by atoms with Crippen LogP contribution in [-0.2, 0) is 9.53 Å². The van der Waals surface area contributed by atoms with E-state index in [1.807, 2.05) is 18.2 Å². The number of carbonyl (C=O) groups excluding carboxylic acids is 2. The third kappa shape index (κ3) is 5.30. The molecule has 0 unspecified atom stereocenters. The molecular weight excluding hydrogens is 490 g/mol. The van der Waals surface area contributed by atoms with Gasteiger partial charge < -0.3 is 34.5 Å². The van der Waals surface area contributed by atoms with Crippen molar-refractivity contribution in [3.63, 3.8) is 0 Å². The number of hydrogen-bond donors (Lipinski definition) is 3. The lowest BCUT2D eigenvalue weighted by Crippen LogP contribution is -2.55. The molecule has 1 aromatic carbocycles. The van der Waals surface area contributed by atoms with Crippen molar-refractivity contribution in [1.29, 1.82) is 0 Å². The third-order valence-electron chi connectivity index (χ3n) is 7.13. The number of carbonyl (C=O) groups is 2. The number of β-amino-alcohol motifs (C(OH)–C–C–N with tert-alkyl or cyclic N) is 1. The Kier molecular flexibility index (Phi) is 7.48. The van der Waals surface area contributed by atoms with Gasteiger partial charge in [0, 0.05) is 31.5 Å². The Morgan fingerprint density at radius 3 is 2.74 bits per heavy atom. The number of amides is 2. The lowest BCUT2D eigenvalue weighted by atomic mass is 10.0. The molecule has 2 amide bonds. The molecule has 1 saturated heterocycles. The summed E-state index contributed by atoms with van der Waals surface area (Å²) in [6.07, 6.45) is 3.31. The van der Waals surface area contributed by atoms with E-state index in [1.54, 1.807) is 18.9 Å². The highest BCUT2D eigenvalue weighted by Crippen LogP contribution is 2.38. The molecule has 3 aromatic rings. The molecule has 0 radical (unpaired) electrons. The standard InChI is InChI=1S/C27H33N5O6/c1-15-23(27(35)31-19-8-9-32(11-20(19)33)22(34)13-36-2)25-26(30-15)24(28-14-29-25)18-10-17(37-3)6-7-21(18)38-12-16-4-5-16/h6-7,10,14,16,19-20,30,33H,4-5,8-9,11-13H2,1-3H3,(H,31,35)/t19-,20-/m1/s1. The topological polar surface area (TPSA) is 139 Å². The van der Waals surface area contributed by atoms with Gasteiger partial charge in [0.2, 0.25) is 5.91 Å². The number of aromatic amines is 1. The van der Waals surface area contributed by atoms with Crippen LogP contribution >= 0.6 is 0 Å². The molecular formula is C27H33N5O6. The average Bonchev–Trinajstić information content (AvgIpc) is 3.68. The summed E-state index contributed by atoms with van der Waals surface area (Å²) in [6.45, 7) is 2.96. The molecule has 1 aliphatic heterocycles. The highest BCUT2D eigenvalue weighted by atomic mass is 16.5. The summed E-state index contributed by atoms with van der Waals surface area (Å²) in [6, 6.07) is 5.09. The molecule has 1 saturated carbocycles. The quantitative estimate of drug-likeness (QED) is 0.387. The Balaban J connectivity index is 1.41. The Morgan fingerprint density at radius 1 is 1.21 bits per heavy atom. The number of benzene rings is 1. The van der Waals surface area contributed by atoms with Crippen LogP contribution in [-0.4, -0.2) is 89.4 Å². The van der Waals surface area contributed by atoms with E-state index in [2.05, 4.69) is 20.3 Å². The summed E-state index contributed by atoms with van der Waals surface area (Å²) < 4.78 is 16.5. The van der Waals surface area contributed by atoms with Crippen LogP contribution in [0.15, 0.2) is 24.5 Å². The molecule has 202 valence electrons. The maximum Gasteiger partial charge on any atom is 0.255 e. The summed E-state index contributed by atoms with van der Waals surface area (Å²) in [4.78, 5) is 39.3. The zero-order valence-electron chi connectivity index (χ0n) is 21.8. The predicted octanol–water partition coefficient (Wildman–Crippen LogP) is 2.07. The van der Waals surface area contributed by atoms with Gasteiger partial charge in [0.25, 0.3) is 5.91 Å². The first-order valence-corrected chi connectivity index (χ1v) is 12.8. The summed E-state index contributed by atoms with van der Waals surface area (Å²) in [7, 11) is 3.06. The third-order valence-corrected chi connectivity index (χ3v) is 7.13. The van der Waals surface area contributed by atoms with Crippen molar-refractivity contribution >= 4 is 22.8 Å². The maximum atomic E-state index is 13.4. The lowest BCUT2D eigenvalue weighted by Gasteiger charge is -2.36. The van der Waals surface area contributed by atoms with E-state index in [9.17, 15) is 14.7 Å². The van der Waals surface area contributed by atoms with Crippen molar-refractivity contribution in [2.24, 2.45) is 5.92 Å². The first-order valence-electron chi connectivity index (χ1n) is 12.8. The molecule has 2 aliphatic rings. The van der Waals surface area contributed by atoms with Crippen LogP contribution in [0.2, 0.25) is 0 Å². The second kappa shape index (κ2) is 11.0. The molecule has 5 rings (SSSR count). The van der Waals surface area contributed by atoms with Crippen molar-refractivity contribution in [3.8, 4) is 22.8 Å². The summed E-state index contributed by atoms with van der Waals surface area (Å²) >= 11 is 0. The second-order valence-electron chi connectivity index (χ2n) is 9.90. The largest absolute Gasteiger partial charge is 0.497 e. The van der Waals surface area contributed by atoms with E-state index < -0.39 is 12.1 Å². The van der Waals surface area contributed by atoms with Gasteiger partial charge in [0.15, 0.2) is 0 Å². The number of ether oxygens (including phenoxy) is 3. The number of aliphatic hydroxyl groups is 1. The number of aliphatic hydroxyl groups excluding tert-OH is 1. The van der Waals surface area contributed by atoms with Crippen LogP contribution in [0.4, 0.5) is 0 Å². The number of hydrogen-bond acceptors (Lipinski definition) is 8. The summed E-state index contributed by atoms with van der Waals surface area (Å²) in [5.74, 6) is 1.39. The van der Waals surface area contributed by atoms with Crippen LogP contribution in [0, 0.1) is 12.8 Å². The van der Waals surface area contributed by atoms with Crippen molar-refractivity contribution in [1.82, 2.24) is 25.2 Å². The number of piperidine rings is 1. The fraction of sp³-hybridized carbons (Fsp3) is 0.481. The smallest absolute Gasteiger partial charge is 0.255 e. The Hall–Kier alpha value is -3.70. The van der Waals surface area contributed by atoms with E-state index in [0.29, 0.717) is 65.0 Å². The van der Waals surface area contributed by atoms with Crippen molar-refractivity contribution in [2.45, 2.75) is 38.3 Å². The van der Waals surface area contributed by atoms with Crippen molar-refractivity contribution in [3.05, 3.63) is 35.8 Å². The van der Waals surface area contributed by atoms with E-state index in [-0.39, 0.29) is 25.0 Å². The number of fused-ring (bicyclic) bond motifs is 1. The number of methoxy groups -OCH3 is 2. The Labute approximate surface area is 220 Å². The Morgan fingerprint density at radius 2 is 2.03 bits per heavy atom. The number of aryl methyl sites for hydroxylation is 1. The van der Waals surface area contributed by atoms with E-state index in [4.69, 9.17) is 14.2 Å². The molecule has 2 atom stereocenters. The van der Waals surface area contributed by atoms with Gasteiger partial charge in [-0.2, -0.15) is 0 Å². The summed E-state index contributed by atoms with van der Waals surface area (Å²) in [5.41, 5.74) is 3.45. The van der Waals surface area contributed by atoms with E-state index in [0.717, 1.165) is 5.56 Å². The van der Waals surface area contributed by atoms with Crippen LogP contribution in [0.5, 0.6) is 11.5 Å². The predicted molar refractivity (Wildman–Crippen MR) is 139 cm³/mol. The molecule has 38 heavy (non-hydrogen) atoms. The summed E-state index contributed by atoms with van der Waals surface area (Å²) in [5, 5.41) is 13.6. The first kappa shape index (κ1) is 25.9. The number of rotatable bonds is 9. The number of nitrogens with zero attached hydrogens (tertiary/aromatic N) is 3. The zero-order chi connectivity index (χ0) is 26.8. The van der Waals surface area contributed by atoms with Crippen LogP contribution in [0.3, 0.4) is 0 Å². The van der Waals surface area contributed by atoms with Crippen molar-refractivity contribution in [2.75, 3.05) is 40.5 Å². The van der Waals surface area contributed by atoms with E-state index >= 15 is 0 Å². The molecule has 2 fully saturated rings. The lowest BCUT2D eigenvalue weighted by molar-refractivity contribution is -0.138. The molecule has 0 bridgehead atoms. The minimum Gasteiger partial charge on any atom is -0.497 e. The van der Waals surface area contributed by atoms with Crippen LogP contribution < -0.4 is 14.8 Å². The fourth-order valence-corrected chi connectivity index (χ4v) is 4.82. The highest BCUT2D eigenvalue weighted by molar-refractivity contribution is 6.09. The minimum atomic E-state index is -0.896. The average molecular weight is 524 g/mol. The molecule has 3 heterocycles. The normalized spacial score (nSPS) is 19.4. The number of nitrogens with one attached hydrogen (secondary N) is 2. The number of aromatic nitrogens is 3. The van der Waals surface area contributed by atoms with E-state index in [1.165, 1.54) is 26.3 Å². The minimum absolute atomic E-state index is 0.0407. The van der Waals surface area contributed by atoms with Gasteiger partial charge in [-0.3, -0.25) is 9.59 Å². The highest BCUT2D eigenvalue weighted by Gasteiger charge is 2.32. The molecule has 2 aromatic heterocycles. The monoisotopic (exact) mass is 523 g/mol. The van der Waals surface area contributed by atoms with Gasteiger partial charge in [0.05, 0.1) is 36.9 Å². The maximum absolute atomic E-state index is 13.4. The zero-order valence-corrected chi connectivity index (χ0v) is 21.8. The molecule has 11 heteroatoms. The van der Waals surface area contributed by atoms with Gasteiger partial charge in [-0.15, -0.1) is 0 Å². The first-order chi connectivity index (χ1) is 18.4. The van der Waals surface area contributed by atoms with Gasteiger partial charge in [-0.25, -0.2) is 9.97 Å². The number of likely N-dealkylation sites (tertiary alicyclic amines) is 1. The van der Waals surface area contributed by atoms with Gasteiger partial charge in [-0.05, 0) is 50.3 Å². The molecule has 1 aliphatic carbocycles. The molecule has 0 spiro atoms. The van der Waals surface area contributed by atoms with Crippen LogP contribution in [0.1, 0.15) is 35.3 Å². The van der Waals surface area contributed by atoms with Crippen molar-refractivity contribution < 1.29 is 28.9 Å². The van der Waals surface area contributed by atoms with Gasteiger partial charge >= 0.3 is 0 Å². The number of H-pyrrole nitrogens is 1. The Bertz CT molecular complexity index is 1340. The van der Waals surface area contributed by atoms with Crippen LogP contribution in [0.25, 0.3) is 22.3 Å².